The van der Waals surface area contributed by atoms with E-state index in [0.717, 1.165) is 25.8 Å². The van der Waals surface area contributed by atoms with Crippen LogP contribution in [0.25, 0.3) is 0 Å². The molecule has 0 spiro atoms. The van der Waals surface area contributed by atoms with E-state index < -0.39 is 0 Å². The van der Waals surface area contributed by atoms with E-state index in [1.807, 2.05) is 0 Å². The molecule has 1 nitrogen and oxygen atoms in total. The van der Waals surface area contributed by atoms with Crippen molar-refractivity contribution in [1.82, 2.24) is 0 Å². The molecule has 0 saturated carbocycles. The molecule has 0 aliphatic carbocycles. The molecule has 0 saturated heterocycles. The van der Waals surface area contributed by atoms with Crippen LogP contribution in [0.2, 0.25) is 0 Å². The molecule has 0 radical (unpaired) electrons. The van der Waals surface area contributed by atoms with Crippen LogP contribution in [-0.4, -0.2) is 6.54 Å². The Bertz CT molecular complexity index is 91.2. The molecule has 1 atom stereocenters. The molecule has 0 aliphatic rings. The Hall–Kier alpha value is -0.480. The lowest BCUT2D eigenvalue weighted by atomic mass is 10.0. The van der Waals surface area contributed by atoms with Gasteiger partial charge in [-0.15, -0.1) is 12.3 Å². The van der Waals surface area contributed by atoms with Gasteiger partial charge in [0.1, 0.15) is 0 Å². The van der Waals surface area contributed by atoms with Gasteiger partial charge < -0.3 is 5.73 Å². The molecule has 0 amide bonds. The van der Waals surface area contributed by atoms with Crippen LogP contribution in [0.15, 0.2) is 0 Å². The summed E-state index contributed by atoms with van der Waals surface area (Å²) >= 11 is 0. The zero-order valence-corrected chi connectivity index (χ0v) is 6.06. The first-order valence-electron chi connectivity index (χ1n) is 3.44. The Morgan fingerprint density at radius 2 is 2.22 bits per heavy atom. The summed E-state index contributed by atoms with van der Waals surface area (Å²) in [5.74, 6) is 3.32. The summed E-state index contributed by atoms with van der Waals surface area (Å²) < 4.78 is 0. The number of terminal acetylenes is 1. The lowest BCUT2D eigenvalue weighted by molar-refractivity contribution is 0.508. The molecule has 0 heterocycles. The minimum Gasteiger partial charge on any atom is -0.330 e. The molecule has 9 heavy (non-hydrogen) atoms. The van der Waals surface area contributed by atoms with E-state index in [2.05, 4.69) is 12.8 Å². The highest BCUT2D eigenvalue weighted by Gasteiger charge is 1.97. The Morgan fingerprint density at radius 3 is 2.67 bits per heavy atom. The Morgan fingerprint density at radius 1 is 1.56 bits per heavy atom. The predicted octanol–water partition coefficient (Wildman–Crippen LogP) is 1.38. The zero-order chi connectivity index (χ0) is 7.11. The van der Waals surface area contributed by atoms with Crippen LogP contribution in [-0.2, 0) is 0 Å². The van der Waals surface area contributed by atoms with Gasteiger partial charge in [0.25, 0.3) is 0 Å². The molecular weight excluding hydrogens is 110 g/mol. The highest BCUT2D eigenvalue weighted by atomic mass is 14.5. The van der Waals surface area contributed by atoms with Crippen LogP contribution in [0, 0.1) is 18.3 Å². The summed E-state index contributed by atoms with van der Waals surface area (Å²) in [5.41, 5.74) is 5.35. The largest absolute Gasteiger partial charge is 0.330 e. The van der Waals surface area contributed by atoms with E-state index in [9.17, 15) is 0 Å². The summed E-state index contributed by atoms with van der Waals surface area (Å²) in [6.07, 6.45) is 8.20. The van der Waals surface area contributed by atoms with Gasteiger partial charge in [0.2, 0.25) is 0 Å². The third kappa shape index (κ3) is 5.39. The van der Waals surface area contributed by atoms with Gasteiger partial charge in [-0.2, -0.15) is 0 Å². The van der Waals surface area contributed by atoms with Crippen molar-refractivity contribution in [3.05, 3.63) is 0 Å². The zero-order valence-electron chi connectivity index (χ0n) is 6.06. The average Bonchev–Trinajstić information content (AvgIpc) is 1.85. The van der Waals surface area contributed by atoms with Gasteiger partial charge in [-0.3, -0.25) is 0 Å². The standard InChI is InChI=1S/C8H15N/c1-3-4-5-8(2)6-7-9/h1,8H,4-7,9H2,2H3. The first-order chi connectivity index (χ1) is 4.31. The summed E-state index contributed by atoms with van der Waals surface area (Å²) in [6.45, 7) is 2.97. The van der Waals surface area contributed by atoms with E-state index in [0.29, 0.717) is 5.92 Å². The lowest BCUT2D eigenvalue weighted by Gasteiger charge is -2.05. The average molecular weight is 125 g/mol. The minimum absolute atomic E-state index is 0.700. The van der Waals surface area contributed by atoms with Crippen LogP contribution in [0.3, 0.4) is 0 Å². The minimum atomic E-state index is 0.700. The highest BCUT2D eigenvalue weighted by Crippen LogP contribution is 2.07. The van der Waals surface area contributed by atoms with Crippen molar-refractivity contribution in [2.75, 3.05) is 6.54 Å². The smallest absolute Gasteiger partial charge is 0.00886 e. The fourth-order valence-electron chi connectivity index (χ4n) is 0.759. The maximum Gasteiger partial charge on any atom is 0.00886 e. The van der Waals surface area contributed by atoms with Gasteiger partial charge in [0.05, 0.1) is 0 Å². The van der Waals surface area contributed by atoms with E-state index in [1.54, 1.807) is 0 Å². The normalized spacial score (nSPS) is 12.6. The van der Waals surface area contributed by atoms with Crippen LogP contribution in [0.1, 0.15) is 26.2 Å². The van der Waals surface area contributed by atoms with E-state index >= 15 is 0 Å². The molecule has 0 aromatic carbocycles. The molecule has 1 heteroatoms. The molecule has 1 unspecified atom stereocenters. The van der Waals surface area contributed by atoms with Crippen molar-refractivity contribution in [2.45, 2.75) is 26.2 Å². The van der Waals surface area contributed by atoms with Gasteiger partial charge in [-0.1, -0.05) is 6.92 Å². The van der Waals surface area contributed by atoms with Gasteiger partial charge in [0, 0.05) is 6.42 Å². The molecule has 52 valence electrons. The Kier molecular flexibility index (Phi) is 5.35. The number of nitrogens with two attached hydrogens (primary N) is 1. The molecule has 0 aromatic heterocycles. The topological polar surface area (TPSA) is 26.0 Å². The maximum absolute atomic E-state index is 5.35. The first kappa shape index (κ1) is 8.52. The SMILES string of the molecule is C#CCCC(C)CCN. The van der Waals surface area contributed by atoms with E-state index in [4.69, 9.17) is 12.2 Å². The van der Waals surface area contributed by atoms with Gasteiger partial charge in [-0.25, -0.2) is 0 Å². The maximum atomic E-state index is 5.35. The Labute approximate surface area is 57.6 Å². The van der Waals surface area contributed by atoms with E-state index in [1.165, 1.54) is 0 Å². The fraction of sp³-hybridized carbons (Fsp3) is 0.750. The van der Waals surface area contributed by atoms with Gasteiger partial charge in [-0.05, 0) is 25.3 Å². The number of rotatable bonds is 4. The summed E-state index contributed by atoms with van der Waals surface area (Å²) in [4.78, 5) is 0. The van der Waals surface area contributed by atoms with Crippen molar-refractivity contribution in [3.63, 3.8) is 0 Å². The predicted molar refractivity (Wildman–Crippen MR) is 40.9 cm³/mol. The van der Waals surface area contributed by atoms with Crippen LogP contribution < -0.4 is 5.73 Å². The second-order valence-corrected chi connectivity index (χ2v) is 2.43. The van der Waals surface area contributed by atoms with Crippen molar-refractivity contribution in [3.8, 4) is 12.3 Å². The number of hydrogen-bond acceptors (Lipinski definition) is 1. The third-order valence-electron chi connectivity index (χ3n) is 1.44. The summed E-state index contributed by atoms with van der Waals surface area (Å²) in [7, 11) is 0. The monoisotopic (exact) mass is 125 g/mol. The van der Waals surface area contributed by atoms with Crippen molar-refractivity contribution >= 4 is 0 Å². The summed E-state index contributed by atoms with van der Waals surface area (Å²) in [6, 6.07) is 0. The molecular formula is C8H15N. The fourth-order valence-corrected chi connectivity index (χ4v) is 0.759. The van der Waals surface area contributed by atoms with Crippen molar-refractivity contribution in [1.29, 1.82) is 0 Å². The molecule has 2 N–H and O–H groups in total. The second kappa shape index (κ2) is 5.65. The van der Waals surface area contributed by atoms with Crippen molar-refractivity contribution < 1.29 is 0 Å². The van der Waals surface area contributed by atoms with Gasteiger partial charge in [0.15, 0.2) is 0 Å². The second-order valence-electron chi connectivity index (χ2n) is 2.43. The van der Waals surface area contributed by atoms with Crippen molar-refractivity contribution in [2.24, 2.45) is 11.7 Å². The van der Waals surface area contributed by atoms with E-state index in [-0.39, 0.29) is 0 Å². The van der Waals surface area contributed by atoms with Crippen LogP contribution in [0.4, 0.5) is 0 Å². The van der Waals surface area contributed by atoms with Crippen LogP contribution >= 0.6 is 0 Å². The third-order valence-corrected chi connectivity index (χ3v) is 1.44. The molecule has 0 aliphatic heterocycles. The highest BCUT2D eigenvalue weighted by molar-refractivity contribution is 4.83. The Balaban J connectivity index is 3.07. The molecule has 0 fully saturated rings. The molecule has 0 bridgehead atoms. The first-order valence-corrected chi connectivity index (χ1v) is 3.44. The molecule has 0 rings (SSSR count). The quantitative estimate of drug-likeness (QED) is 0.564. The van der Waals surface area contributed by atoms with Crippen LogP contribution in [0.5, 0.6) is 0 Å². The summed E-state index contributed by atoms with van der Waals surface area (Å²) in [5, 5.41) is 0. The molecule has 0 aromatic rings. The number of hydrogen-bond donors (Lipinski definition) is 1. The lowest BCUT2D eigenvalue weighted by Crippen LogP contribution is -2.05. The van der Waals surface area contributed by atoms with Gasteiger partial charge >= 0.3 is 0 Å².